The molecule has 0 unspecified atom stereocenters. The number of fused-ring (bicyclic) bond motifs is 1. The predicted octanol–water partition coefficient (Wildman–Crippen LogP) is 2.50. The van der Waals surface area contributed by atoms with Crippen LogP contribution in [-0.2, 0) is 0 Å². The molecule has 102 valence electrons. The molecule has 0 saturated heterocycles. The molecule has 0 fully saturated rings. The van der Waals surface area contributed by atoms with Crippen molar-refractivity contribution in [3.8, 4) is 0 Å². The molecular formula is C15H22N4. The smallest absolute Gasteiger partial charge is 0.158 e. The van der Waals surface area contributed by atoms with Crippen LogP contribution in [0.4, 0.5) is 5.82 Å². The molecule has 19 heavy (non-hydrogen) atoms. The van der Waals surface area contributed by atoms with Crippen molar-refractivity contribution in [2.24, 2.45) is 5.73 Å². The molecule has 1 aromatic carbocycles. The summed E-state index contributed by atoms with van der Waals surface area (Å²) < 4.78 is 0. The Labute approximate surface area is 114 Å². The minimum atomic E-state index is 0.775. The molecule has 0 aliphatic heterocycles. The molecule has 0 bridgehead atoms. The highest BCUT2D eigenvalue weighted by Crippen LogP contribution is 2.24. The summed E-state index contributed by atoms with van der Waals surface area (Å²) in [5.74, 6) is 0.967. The number of nitrogens with zero attached hydrogens (tertiary/aromatic N) is 3. The van der Waals surface area contributed by atoms with Crippen LogP contribution in [0.5, 0.6) is 0 Å². The first kappa shape index (κ1) is 13.7. The number of aromatic nitrogens is 2. The van der Waals surface area contributed by atoms with Crippen molar-refractivity contribution in [1.82, 2.24) is 10.2 Å². The van der Waals surface area contributed by atoms with Gasteiger partial charge in [0.15, 0.2) is 5.82 Å². The largest absolute Gasteiger partial charge is 0.358 e. The minimum Gasteiger partial charge on any atom is -0.358 e. The summed E-state index contributed by atoms with van der Waals surface area (Å²) in [5.41, 5.74) is 6.49. The maximum atomic E-state index is 5.51. The van der Waals surface area contributed by atoms with Crippen LogP contribution >= 0.6 is 0 Å². The number of benzene rings is 1. The number of hydrogen-bond donors (Lipinski definition) is 1. The fourth-order valence-corrected chi connectivity index (χ4v) is 2.28. The molecule has 1 aromatic heterocycles. The Morgan fingerprint density at radius 3 is 2.53 bits per heavy atom. The number of unbranched alkanes of at least 4 members (excludes halogenated alkanes) is 2. The maximum absolute atomic E-state index is 5.51. The van der Waals surface area contributed by atoms with Gasteiger partial charge >= 0.3 is 0 Å². The first-order valence-electron chi connectivity index (χ1n) is 6.87. The Morgan fingerprint density at radius 1 is 1.05 bits per heavy atom. The highest BCUT2D eigenvalue weighted by atomic mass is 15.2. The molecule has 1 heterocycles. The summed E-state index contributed by atoms with van der Waals surface area (Å²) in [5, 5.41) is 11.0. The van der Waals surface area contributed by atoms with E-state index in [9.17, 15) is 0 Å². The van der Waals surface area contributed by atoms with Crippen LogP contribution in [0.3, 0.4) is 0 Å². The molecule has 4 heteroatoms. The molecular weight excluding hydrogens is 236 g/mol. The van der Waals surface area contributed by atoms with Crippen molar-refractivity contribution in [2.45, 2.75) is 26.2 Å². The lowest BCUT2D eigenvalue weighted by atomic mass is 10.1. The van der Waals surface area contributed by atoms with Crippen LogP contribution in [0.25, 0.3) is 10.8 Å². The highest BCUT2D eigenvalue weighted by Gasteiger charge is 2.09. The Hall–Kier alpha value is -1.68. The second-order valence-corrected chi connectivity index (χ2v) is 4.93. The number of aryl methyl sites for hydroxylation is 1. The Balaban J connectivity index is 2.18. The second kappa shape index (κ2) is 6.48. The molecule has 0 aliphatic rings. The molecule has 0 atom stereocenters. The highest BCUT2D eigenvalue weighted by molar-refractivity contribution is 5.93. The Morgan fingerprint density at radius 2 is 1.79 bits per heavy atom. The lowest BCUT2D eigenvalue weighted by Crippen LogP contribution is -2.21. The SMILES string of the molecule is Cc1nnc(N(C)CCCCCN)c2ccccc12. The van der Waals surface area contributed by atoms with E-state index in [4.69, 9.17) is 5.73 Å². The number of nitrogens with two attached hydrogens (primary N) is 1. The molecule has 2 aromatic rings. The van der Waals surface area contributed by atoms with Gasteiger partial charge in [-0.05, 0) is 26.3 Å². The molecule has 0 amide bonds. The van der Waals surface area contributed by atoms with E-state index in [0.717, 1.165) is 43.9 Å². The van der Waals surface area contributed by atoms with Gasteiger partial charge in [-0.25, -0.2) is 0 Å². The third kappa shape index (κ3) is 3.20. The minimum absolute atomic E-state index is 0.775. The van der Waals surface area contributed by atoms with Crippen molar-refractivity contribution < 1.29 is 0 Å². The summed E-state index contributed by atoms with van der Waals surface area (Å²) in [6, 6.07) is 8.31. The van der Waals surface area contributed by atoms with E-state index in [1.54, 1.807) is 0 Å². The zero-order chi connectivity index (χ0) is 13.7. The van der Waals surface area contributed by atoms with Crippen molar-refractivity contribution in [3.05, 3.63) is 30.0 Å². The van der Waals surface area contributed by atoms with Gasteiger partial charge in [-0.15, -0.1) is 5.10 Å². The van der Waals surface area contributed by atoms with E-state index in [0.29, 0.717) is 0 Å². The predicted molar refractivity (Wildman–Crippen MR) is 80.5 cm³/mol. The van der Waals surface area contributed by atoms with E-state index >= 15 is 0 Å². The van der Waals surface area contributed by atoms with Crippen LogP contribution in [0.15, 0.2) is 24.3 Å². The summed E-state index contributed by atoms with van der Waals surface area (Å²) in [7, 11) is 2.08. The zero-order valence-corrected chi connectivity index (χ0v) is 11.8. The van der Waals surface area contributed by atoms with Gasteiger partial charge in [0.25, 0.3) is 0 Å². The zero-order valence-electron chi connectivity index (χ0n) is 11.8. The first-order valence-corrected chi connectivity index (χ1v) is 6.87. The van der Waals surface area contributed by atoms with Gasteiger partial charge in [0.1, 0.15) is 0 Å². The third-order valence-electron chi connectivity index (χ3n) is 3.41. The molecule has 4 nitrogen and oxygen atoms in total. The van der Waals surface area contributed by atoms with Crippen molar-refractivity contribution in [1.29, 1.82) is 0 Å². The topological polar surface area (TPSA) is 55.0 Å². The van der Waals surface area contributed by atoms with Gasteiger partial charge in [0, 0.05) is 24.4 Å². The van der Waals surface area contributed by atoms with Gasteiger partial charge in [-0.2, -0.15) is 5.10 Å². The average molecular weight is 258 g/mol. The molecule has 0 radical (unpaired) electrons. The quantitative estimate of drug-likeness (QED) is 0.809. The van der Waals surface area contributed by atoms with Crippen LogP contribution in [0.1, 0.15) is 25.0 Å². The fourth-order valence-electron chi connectivity index (χ4n) is 2.28. The van der Waals surface area contributed by atoms with Crippen molar-refractivity contribution in [2.75, 3.05) is 25.0 Å². The monoisotopic (exact) mass is 258 g/mol. The van der Waals surface area contributed by atoms with E-state index in [2.05, 4.69) is 40.3 Å². The fraction of sp³-hybridized carbons (Fsp3) is 0.467. The van der Waals surface area contributed by atoms with Gasteiger partial charge in [0.2, 0.25) is 0 Å². The Kier molecular flexibility index (Phi) is 4.68. The third-order valence-corrected chi connectivity index (χ3v) is 3.41. The maximum Gasteiger partial charge on any atom is 0.158 e. The average Bonchev–Trinajstić information content (AvgIpc) is 2.44. The number of rotatable bonds is 6. The van der Waals surface area contributed by atoms with E-state index in [1.807, 2.05) is 13.0 Å². The summed E-state index contributed by atoms with van der Waals surface area (Å²) in [4.78, 5) is 2.19. The van der Waals surface area contributed by atoms with Crippen molar-refractivity contribution in [3.63, 3.8) is 0 Å². The van der Waals surface area contributed by atoms with Gasteiger partial charge < -0.3 is 10.6 Å². The first-order chi connectivity index (χ1) is 9.24. The second-order valence-electron chi connectivity index (χ2n) is 4.93. The summed E-state index contributed by atoms with van der Waals surface area (Å²) in [6.07, 6.45) is 3.39. The standard InChI is InChI=1S/C15H22N4/c1-12-13-8-4-5-9-14(13)15(18-17-12)19(2)11-7-3-6-10-16/h4-5,8-9H,3,6-7,10-11,16H2,1-2H3. The number of anilines is 1. The van der Waals surface area contributed by atoms with E-state index < -0.39 is 0 Å². The molecule has 0 saturated carbocycles. The molecule has 2 rings (SSSR count). The normalized spacial score (nSPS) is 10.9. The summed E-state index contributed by atoms with van der Waals surface area (Å²) in [6.45, 7) is 3.76. The van der Waals surface area contributed by atoms with Crippen LogP contribution < -0.4 is 10.6 Å². The van der Waals surface area contributed by atoms with Gasteiger partial charge in [-0.1, -0.05) is 30.7 Å². The van der Waals surface area contributed by atoms with E-state index in [-0.39, 0.29) is 0 Å². The lowest BCUT2D eigenvalue weighted by Gasteiger charge is -2.19. The Bertz CT molecular complexity index is 539. The molecule has 0 aliphatic carbocycles. The van der Waals surface area contributed by atoms with Crippen LogP contribution in [0, 0.1) is 6.92 Å². The van der Waals surface area contributed by atoms with Crippen molar-refractivity contribution >= 4 is 16.6 Å². The van der Waals surface area contributed by atoms with Gasteiger partial charge in [-0.3, -0.25) is 0 Å². The van der Waals surface area contributed by atoms with Gasteiger partial charge in [0.05, 0.1) is 5.69 Å². The van der Waals surface area contributed by atoms with Crippen LogP contribution in [0.2, 0.25) is 0 Å². The van der Waals surface area contributed by atoms with Crippen LogP contribution in [-0.4, -0.2) is 30.3 Å². The summed E-state index contributed by atoms with van der Waals surface area (Å²) >= 11 is 0. The molecule has 0 spiro atoms. The van der Waals surface area contributed by atoms with E-state index in [1.165, 1.54) is 10.8 Å². The number of hydrogen-bond acceptors (Lipinski definition) is 4. The molecule has 2 N–H and O–H groups in total. The lowest BCUT2D eigenvalue weighted by molar-refractivity contribution is 0.675.